The second-order valence-corrected chi connectivity index (χ2v) is 12.0. The van der Waals surface area contributed by atoms with Crippen LogP contribution in [0.5, 0.6) is 0 Å². The van der Waals surface area contributed by atoms with Gasteiger partial charge in [-0.05, 0) is 50.7 Å². The predicted molar refractivity (Wildman–Crippen MR) is 122 cm³/mol. The van der Waals surface area contributed by atoms with Crippen molar-refractivity contribution < 1.29 is 17.6 Å². The van der Waals surface area contributed by atoms with Gasteiger partial charge in [0.05, 0.1) is 30.1 Å². The minimum atomic E-state index is -3.03. The van der Waals surface area contributed by atoms with E-state index in [9.17, 15) is 13.2 Å². The molecule has 2 aromatic heterocycles. The Morgan fingerprint density at radius 2 is 1.97 bits per heavy atom. The summed E-state index contributed by atoms with van der Waals surface area (Å²) in [5.74, 6) is 2.12. The van der Waals surface area contributed by atoms with E-state index in [1.807, 2.05) is 21.6 Å². The molecule has 0 bridgehead atoms. The second kappa shape index (κ2) is 9.09. The number of rotatable bonds is 8. The van der Waals surface area contributed by atoms with Crippen LogP contribution in [0.4, 0.5) is 5.95 Å². The topological polar surface area (TPSA) is 102 Å². The molecule has 1 amide bonds. The van der Waals surface area contributed by atoms with Crippen LogP contribution in [0.2, 0.25) is 0 Å². The predicted octanol–water partition coefficient (Wildman–Crippen LogP) is 2.18. The molecule has 0 aromatic carbocycles. The van der Waals surface area contributed by atoms with Gasteiger partial charge in [0.15, 0.2) is 15.0 Å². The Morgan fingerprint density at radius 1 is 1.16 bits per heavy atom. The zero-order chi connectivity index (χ0) is 22.1. The number of hydrogen-bond acceptors (Lipinski definition) is 8. The van der Waals surface area contributed by atoms with Crippen molar-refractivity contribution in [3.8, 4) is 0 Å². The Kier molecular flexibility index (Phi) is 6.20. The minimum Gasteiger partial charge on any atom is -0.467 e. The van der Waals surface area contributed by atoms with E-state index >= 15 is 0 Å². The van der Waals surface area contributed by atoms with Gasteiger partial charge in [0.1, 0.15) is 5.76 Å². The fourth-order valence-electron chi connectivity index (χ4n) is 4.67. The fourth-order valence-corrected chi connectivity index (χ4v) is 7.18. The molecule has 1 unspecified atom stereocenters. The molecule has 2 aromatic rings. The Labute approximate surface area is 192 Å². The molecule has 1 saturated carbocycles. The summed E-state index contributed by atoms with van der Waals surface area (Å²) < 4.78 is 31.5. The third-order valence-corrected chi connectivity index (χ3v) is 9.09. The van der Waals surface area contributed by atoms with E-state index in [1.54, 1.807) is 6.26 Å². The molecule has 4 heterocycles. The van der Waals surface area contributed by atoms with Gasteiger partial charge in [-0.15, -0.1) is 10.2 Å². The van der Waals surface area contributed by atoms with Crippen molar-refractivity contribution in [1.82, 2.24) is 19.7 Å². The van der Waals surface area contributed by atoms with Gasteiger partial charge in [0.25, 0.3) is 0 Å². The van der Waals surface area contributed by atoms with Gasteiger partial charge < -0.3 is 14.2 Å². The van der Waals surface area contributed by atoms with E-state index in [0.29, 0.717) is 18.1 Å². The normalized spacial score (nSPS) is 22.9. The highest BCUT2D eigenvalue weighted by Gasteiger charge is 2.42. The van der Waals surface area contributed by atoms with Crippen LogP contribution in [0.1, 0.15) is 44.3 Å². The van der Waals surface area contributed by atoms with Crippen LogP contribution in [0.15, 0.2) is 28.0 Å². The molecule has 32 heavy (non-hydrogen) atoms. The fraction of sp³-hybridized carbons (Fsp3) is 0.667. The van der Waals surface area contributed by atoms with Gasteiger partial charge >= 0.3 is 0 Å². The first kappa shape index (κ1) is 21.8. The minimum absolute atomic E-state index is 0.00771. The average Bonchev–Trinajstić information content (AvgIpc) is 3.16. The molecule has 3 aliphatic rings. The lowest BCUT2D eigenvalue weighted by atomic mass is 10.1. The number of amides is 1. The lowest BCUT2D eigenvalue weighted by molar-refractivity contribution is -0.130. The maximum absolute atomic E-state index is 13.2. The van der Waals surface area contributed by atoms with E-state index in [1.165, 1.54) is 18.2 Å². The standard InChI is InChI=1S/C21H29N5O4S2/c27-19(26(16-6-7-16)17-8-12-32(28,29)15-17)14-31-21-23-22-20(24-9-2-1-3-10-24)25(21)13-18-5-4-11-30-18/h4-5,11,16-17H,1-3,6-10,12-15H2. The number of hydrogen-bond donors (Lipinski definition) is 0. The molecular formula is C21H29N5O4S2. The zero-order valence-corrected chi connectivity index (χ0v) is 19.7. The summed E-state index contributed by atoms with van der Waals surface area (Å²) in [5.41, 5.74) is 0. The summed E-state index contributed by atoms with van der Waals surface area (Å²) in [6.45, 7) is 2.41. The number of sulfone groups is 1. The van der Waals surface area contributed by atoms with Gasteiger partial charge in [0, 0.05) is 25.2 Å². The highest BCUT2D eigenvalue weighted by atomic mass is 32.2. The highest BCUT2D eigenvalue weighted by molar-refractivity contribution is 7.99. The third kappa shape index (κ3) is 4.83. The summed E-state index contributed by atoms with van der Waals surface area (Å²) in [5, 5.41) is 9.55. The summed E-state index contributed by atoms with van der Waals surface area (Å²) in [7, 11) is -3.03. The molecule has 2 aliphatic heterocycles. The maximum atomic E-state index is 13.2. The number of nitrogens with zero attached hydrogens (tertiary/aromatic N) is 5. The van der Waals surface area contributed by atoms with Crippen molar-refractivity contribution >= 4 is 33.5 Å². The van der Waals surface area contributed by atoms with Gasteiger partial charge in [-0.25, -0.2) is 8.42 Å². The molecule has 9 nitrogen and oxygen atoms in total. The maximum Gasteiger partial charge on any atom is 0.233 e. The molecular weight excluding hydrogens is 450 g/mol. The van der Waals surface area contributed by atoms with Crippen molar-refractivity contribution in [2.24, 2.45) is 0 Å². The quantitative estimate of drug-likeness (QED) is 0.531. The summed E-state index contributed by atoms with van der Waals surface area (Å²) in [6, 6.07) is 3.78. The highest BCUT2D eigenvalue weighted by Crippen LogP contribution is 2.34. The number of furan rings is 1. The molecule has 0 radical (unpaired) electrons. The first-order chi connectivity index (χ1) is 15.5. The number of aromatic nitrogens is 3. The van der Waals surface area contributed by atoms with Crippen molar-refractivity contribution in [1.29, 1.82) is 0 Å². The molecule has 174 valence electrons. The third-order valence-electron chi connectivity index (χ3n) is 6.39. The van der Waals surface area contributed by atoms with Gasteiger partial charge in [-0.1, -0.05) is 11.8 Å². The Hall–Kier alpha value is -2.01. The first-order valence-corrected chi connectivity index (χ1v) is 14.2. The van der Waals surface area contributed by atoms with Crippen molar-refractivity contribution in [3.63, 3.8) is 0 Å². The van der Waals surface area contributed by atoms with Gasteiger partial charge in [-0.2, -0.15) is 0 Å². The lowest BCUT2D eigenvalue weighted by Crippen LogP contribution is -2.43. The van der Waals surface area contributed by atoms with Crippen LogP contribution < -0.4 is 4.90 Å². The lowest BCUT2D eigenvalue weighted by Gasteiger charge is -2.28. The van der Waals surface area contributed by atoms with Crippen LogP contribution in [-0.4, -0.2) is 76.4 Å². The van der Waals surface area contributed by atoms with Crippen LogP contribution >= 0.6 is 11.8 Å². The van der Waals surface area contributed by atoms with Gasteiger partial charge in [-0.3, -0.25) is 9.36 Å². The molecule has 11 heteroatoms. The molecule has 1 aliphatic carbocycles. The van der Waals surface area contributed by atoms with Crippen molar-refractivity contribution in [3.05, 3.63) is 24.2 Å². The molecule has 0 spiro atoms. The van der Waals surface area contributed by atoms with Gasteiger partial charge in [0.2, 0.25) is 11.9 Å². The molecule has 5 rings (SSSR count). The summed E-state index contributed by atoms with van der Waals surface area (Å²) in [4.78, 5) is 17.3. The monoisotopic (exact) mass is 479 g/mol. The number of carbonyl (C=O) groups excluding carboxylic acids is 1. The van der Waals surface area contributed by atoms with Crippen LogP contribution in [-0.2, 0) is 21.2 Å². The van der Waals surface area contributed by atoms with Crippen LogP contribution in [0.3, 0.4) is 0 Å². The first-order valence-electron chi connectivity index (χ1n) is 11.3. The number of carbonyl (C=O) groups is 1. The average molecular weight is 480 g/mol. The van der Waals surface area contributed by atoms with Crippen LogP contribution in [0.25, 0.3) is 0 Å². The smallest absolute Gasteiger partial charge is 0.233 e. The van der Waals surface area contributed by atoms with E-state index in [0.717, 1.165) is 50.5 Å². The van der Waals surface area contributed by atoms with E-state index < -0.39 is 9.84 Å². The second-order valence-electron chi connectivity index (χ2n) is 8.87. The molecule has 1 atom stereocenters. The zero-order valence-electron chi connectivity index (χ0n) is 18.1. The molecule has 2 saturated heterocycles. The van der Waals surface area contributed by atoms with Crippen LogP contribution in [0, 0.1) is 0 Å². The molecule has 0 N–H and O–H groups in total. The Balaban J connectivity index is 1.32. The SMILES string of the molecule is O=C(CSc1nnc(N2CCCCC2)n1Cc1ccco1)N(C1CC1)C1CCS(=O)(=O)C1. The van der Waals surface area contributed by atoms with E-state index in [4.69, 9.17) is 4.42 Å². The number of piperidine rings is 1. The van der Waals surface area contributed by atoms with E-state index in [-0.39, 0.29) is 35.2 Å². The largest absolute Gasteiger partial charge is 0.467 e. The Morgan fingerprint density at radius 3 is 2.62 bits per heavy atom. The van der Waals surface area contributed by atoms with E-state index in [2.05, 4.69) is 15.1 Å². The summed E-state index contributed by atoms with van der Waals surface area (Å²) in [6.07, 6.45) is 7.61. The van der Waals surface area contributed by atoms with Crippen molar-refractivity contribution in [2.75, 3.05) is 35.2 Å². The number of thioether (sulfide) groups is 1. The Bertz CT molecular complexity index is 1040. The molecule has 3 fully saturated rings. The summed E-state index contributed by atoms with van der Waals surface area (Å²) >= 11 is 1.37. The van der Waals surface area contributed by atoms with Crippen molar-refractivity contribution in [2.45, 2.75) is 62.3 Å². The number of anilines is 1.